The predicted molar refractivity (Wildman–Crippen MR) is 85.2 cm³/mol. The molecule has 1 unspecified atom stereocenters. The third kappa shape index (κ3) is 5.44. The second-order valence-corrected chi connectivity index (χ2v) is 6.99. The van der Waals surface area contributed by atoms with Gasteiger partial charge in [0, 0.05) is 6.54 Å². The summed E-state index contributed by atoms with van der Waals surface area (Å²) in [5.74, 6) is -0.929. The number of esters is 1. The van der Waals surface area contributed by atoms with Gasteiger partial charge >= 0.3 is 5.97 Å². The molecule has 1 rings (SSSR count). The summed E-state index contributed by atoms with van der Waals surface area (Å²) in [5.41, 5.74) is -0.561. The number of hydrogen-bond donors (Lipinski definition) is 1. The lowest BCUT2D eigenvalue weighted by molar-refractivity contribution is -0.158. The molecule has 1 aliphatic rings. The van der Waals surface area contributed by atoms with Gasteiger partial charge in [0.2, 0.25) is 5.91 Å². The number of likely N-dealkylation sites (tertiary alicyclic amines) is 1. The number of aliphatic hydroxyl groups excluding tert-OH is 1. The van der Waals surface area contributed by atoms with Crippen LogP contribution >= 0.6 is 0 Å². The van der Waals surface area contributed by atoms with Crippen LogP contribution in [-0.4, -0.2) is 46.2 Å². The first-order valence-corrected chi connectivity index (χ1v) is 7.97. The summed E-state index contributed by atoms with van der Waals surface area (Å²) in [6.07, 6.45) is 3.26. The standard InChI is InChI=1S/C17H29NO4/c1-6-8-13(11-15(20)22-17(3,4)5)16(21)18-10-7-9-14(18)12(2)19/h6,12-14,19H,1,7-11H2,2-5H3/t12-,13?,14-/m0/s1. The van der Waals surface area contributed by atoms with E-state index < -0.39 is 17.6 Å². The van der Waals surface area contributed by atoms with Gasteiger partial charge in [0.05, 0.1) is 24.5 Å². The number of ether oxygens (including phenoxy) is 1. The fourth-order valence-corrected chi connectivity index (χ4v) is 2.86. The van der Waals surface area contributed by atoms with Crippen LogP contribution in [0.4, 0.5) is 0 Å². The van der Waals surface area contributed by atoms with Crippen molar-refractivity contribution in [3.05, 3.63) is 12.7 Å². The van der Waals surface area contributed by atoms with Crippen LogP contribution in [-0.2, 0) is 14.3 Å². The van der Waals surface area contributed by atoms with Crippen LogP contribution < -0.4 is 0 Å². The Morgan fingerprint density at radius 3 is 2.59 bits per heavy atom. The molecule has 1 saturated heterocycles. The van der Waals surface area contributed by atoms with Crippen molar-refractivity contribution in [3.63, 3.8) is 0 Å². The molecule has 5 heteroatoms. The lowest BCUT2D eigenvalue weighted by atomic mass is 9.98. The number of carbonyl (C=O) groups excluding carboxylic acids is 2. The molecule has 1 heterocycles. The maximum Gasteiger partial charge on any atom is 0.307 e. The van der Waals surface area contributed by atoms with Crippen molar-refractivity contribution in [1.82, 2.24) is 4.90 Å². The molecule has 0 aliphatic carbocycles. The van der Waals surface area contributed by atoms with Crippen molar-refractivity contribution < 1.29 is 19.4 Å². The van der Waals surface area contributed by atoms with Gasteiger partial charge in [0.1, 0.15) is 5.60 Å². The van der Waals surface area contributed by atoms with Crippen molar-refractivity contribution in [1.29, 1.82) is 0 Å². The Hall–Kier alpha value is -1.36. The molecule has 5 nitrogen and oxygen atoms in total. The van der Waals surface area contributed by atoms with E-state index >= 15 is 0 Å². The zero-order valence-electron chi connectivity index (χ0n) is 14.2. The van der Waals surface area contributed by atoms with E-state index in [4.69, 9.17) is 4.74 Å². The van der Waals surface area contributed by atoms with Crippen LogP contribution in [0.3, 0.4) is 0 Å². The number of aliphatic hydroxyl groups is 1. The lowest BCUT2D eigenvalue weighted by Gasteiger charge is -2.30. The normalized spacial score (nSPS) is 21.3. The van der Waals surface area contributed by atoms with Gasteiger partial charge in [-0.2, -0.15) is 0 Å². The fraction of sp³-hybridized carbons (Fsp3) is 0.765. The summed E-state index contributed by atoms with van der Waals surface area (Å²) >= 11 is 0. The zero-order valence-corrected chi connectivity index (χ0v) is 14.2. The van der Waals surface area contributed by atoms with Crippen LogP contribution in [0.5, 0.6) is 0 Å². The Kier molecular flexibility index (Phi) is 6.60. The second-order valence-electron chi connectivity index (χ2n) is 6.99. The third-order valence-electron chi connectivity index (χ3n) is 3.77. The van der Waals surface area contributed by atoms with E-state index in [1.807, 2.05) is 0 Å². The van der Waals surface area contributed by atoms with E-state index in [2.05, 4.69) is 6.58 Å². The Labute approximate surface area is 133 Å². The SMILES string of the molecule is C=CCC(CC(=O)OC(C)(C)C)C(=O)N1CCC[C@H]1[C@H](C)O. The molecule has 0 aromatic rings. The van der Waals surface area contributed by atoms with Gasteiger partial charge in [0.25, 0.3) is 0 Å². The van der Waals surface area contributed by atoms with E-state index in [0.717, 1.165) is 12.8 Å². The summed E-state index contributed by atoms with van der Waals surface area (Å²) < 4.78 is 5.31. The summed E-state index contributed by atoms with van der Waals surface area (Å²) in [6.45, 7) is 11.4. The monoisotopic (exact) mass is 311 g/mol. The van der Waals surface area contributed by atoms with Gasteiger partial charge in [0.15, 0.2) is 0 Å². The zero-order chi connectivity index (χ0) is 16.9. The quantitative estimate of drug-likeness (QED) is 0.603. The van der Waals surface area contributed by atoms with Crippen molar-refractivity contribution >= 4 is 11.9 Å². The molecule has 1 aliphatic heterocycles. The van der Waals surface area contributed by atoms with E-state index in [-0.39, 0.29) is 24.3 Å². The van der Waals surface area contributed by atoms with Crippen LogP contribution in [0.15, 0.2) is 12.7 Å². The molecule has 1 amide bonds. The molecule has 0 saturated carbocycles. The number of hydrogen-bond acceptors (Lipinski definition) is 4. The van der Waals surface area contributed by atoms with Gasteiger partial charge < -0.3 is 14.7 Å². The molecule has 0 spiro atoms. The highest BCUT2D eigenvalue weighted by Crippen LogP contribution is 2.25. The minimum absolute atomic E-state index is 0.0468. The van der Waals surface area contributed by atoms with E-state index in [1.165, 1.54) is 0 Å². The van der Waals surface area contributed by atoms with Crippen LogP contribution in [0.25, 0.3) is 0 Å². The molecule has 22 heavy (non-hydrogen) atoms. The number of amides is 1. The van der Waals surface area contributed by atoms with Gasteiger partial charge in [-0.25, -0.2) is 0 Å². The van der Waals surface area contributed by atoms with Crippen molar-refractivity contribution in [2.45, 2.75) is 71.1 Å². The maximum absolute atomic E-state index is 12.7. The van der Waals surface area contributed by atoms with Crippen molar-refractivity contribution in [2.75, 3.05) is 6.54 Å². The van der Waals surface area contributed by atoms with Crippen LogP contribution in [0.2, 0.25) is 0 Å². The summed E-state index contributed by atoms with van der Waals surface area (Å²) in [6, 6.07) is -0.154. The van der Waals surface area contributed by atoms with E-state index in [0.29, 0.717) is 13.0 Å². The average Bonchev–Trinajstić information content (AvgIpc) is 2.84. The smallest absolute Gasteiger partial charge is 0.307 e. The molecule has 0 aromatic heterocycles. The van der Waals surface area contributed by atoms with Gasteiger partial charge in [-0.15, -0.1) is 6.58 Å². The molecule has 126 valence electrons. The molecule has 3 atom stereocenters. The van der Waals surface area contributed by atoms with Crippen molar-refractivity contribution in [2.24, 2.45) is 5.92 Å². The lowest BCUT2D eigenvalue weighted by Crippen LogP contribution is -2.45. The molecule has 0 aromatic carbocycles. The van der Waals surface area contributed by atoms with E-state index in [9.17, 15) is 14.7 Å². The Balaban J connectivity index is 2.75. The molecule has 0 bridgehead atoms. The third-order valence-corrected chi connectivity index (χ3v) is 3.77. The molecule has 1 N–H and O–H groups in total. The predicted octanol–water partition coefficient (Wildman–Crippen LogP) is 2.28. The largest absolute Gasteiger partial charge is 0.460 e. The van der Waals surface area contributed by atoms with Crippen molar-refractivity contribution in [3.8, 4) is 0 Å². The Bertz CT molecular complexity index is 411. The second kappa shape index (κ2) is 7.77. The van der Waals surface area contributed by atoms with Crippen LogP contribution in [0.1, 0.15) is 53.4 Å². The highest BCUT2D eigenvalue weighted by atomic mass is 16.6. The summed E-state index contributed by atoms with van der Waals surface area (Å²) in [5, 5.41) is 9.81. The molecular formula is C17H29NO4. The van der Waals surface area contributed by atoms with E-state index in [1.54, 1.807) is 38.7 Å². The Morgan fingerprint density at radius 1 is 1.45 bits per heavy atom. The molecule has 0 radical (unpaired) electrons. The first-order chi connectivity index (χ1) is 10.2. The minimum Gasteiger partial charge on any atom is -0.460 e. The number of rotatable bonds is 6. The first kappa shape index (κ1) is 18.7. The highest BCUT2D eigenvalue weighted by molar-refractivity contribution is 5.84. The van der Waals surface area contributed by atoms with Gasteiger partial charge in [-0.05, 0) is 47.0 Å². The van der Waals surface area contributed by atoms with Gasteiger partial charge in [-0.3, -0.25) is 9.59 Å². The highest BCUT2D eigenvalue weighted by Gasteiger charge is 2.36. The minimum atomic E-state index is -0.561. The topological polar surface area (TPSA) is 66.8 Å². The maximum atomic E-state index is 12.7. The first-order valence-electron chi connectivity index (χ1n) is 7.97. The number of carbonyl (C=O) groups is 2. The van der Waals surface area contributed by atoms with Crippen LogP contribution in [0, 0.1) is 5.92 Å². The fourth-order valence-electron chi connectivity index (χ4n) is 2.86. The molecular weight excluding hydrogens is 282 g/mol. The number of allylic oxidation sites excluding steroid dienone is 1. The Morgan fingerprint density at radius 2 is 2.09 bits per heavy atom. The summed E-state index contributed by atoms with van der Waals surface area (Å²) in [7, 11) is 0. The molecule has 1 fully saturated rings. The average molecular weight is 311 g/mol. The number of nitrogens with zero attached hydrogens (tertiary/aromatic N) is 1. The summed E-state index contributed by atoms with van der Waals surface area (Å²) in [4.78, 5) is 26.4. The van der Waals surface area contributed by atoms with Gasteiger partial charge in [-0.1, -0.05) is 6.08 Å².